The van der Waals surface area contributed by atoms with Crippen LogP contribution in [0.1, 0.15) is 44.7 Å². The van der Waals surface area contributed by atoms with Gasteiger partial charge in [-0.05, 0) is 61.9 Å². The molecule has 0 saturated carbocycles. The Morgan fingerprint density at radius 2 is 1.59 bits per heavy atom. The van der Waals surface area contributed by atoms with Gasteiger partial charge in [-0.3, -0.25) is 19.2 Å². The molecule has 2 aromatic carbocycles. The van der Waals surface area contributed by atoms with Crippen molar-refractivity contribution in [2.45, 2.75) is 77.3 Å². The van der Waals surface area contributed by atoms with Crippen molar-refractivity contribution in [3.8, 4) is 11.1 Å². The minimum atomic E-state index is -5.08. The molecule has 1 fully saturated rings. The minimum absolute atomic E-state index is 0.171. The van der Waals surface area contributed by atoms with Crippen molar-refractivity contribution < 1.29 is 42.3 Å². The third kappa shape index (κ3) is 10.6. The highest BCUT2D eigenvalue weighted by Crippen LogP contribution is 2.24. The fraction of sp³-hybridized carbons (Fsp3) is 0.469. The number of rotatable bonds is 11. The van der Waals surface area contributed by atoms with Gasteiger partial charge in [0, 0.05) is 13.0 Å². The molecule has 14 heteroatoms. The number of primary amides is 1. The molecule has 0 unspecified atom stereocenters. The summed E-state index contributed by atoms with van der Waals surface area (Å²) < 4.78 is 31.7. The van der Waals surface area contributed by atoms with Crippen molar-refractivity contribution in [3.63, 3.8) is 0 Å². The number of hydrogen-bond acceptors (Lipinski definition) is 6. The number of nitrogens with two attached hydrogens (primary N) is 1. The molecule has 6 N–H and O–H groups in total. The van der Waals surface area contributed by atoms with Gasteiger partial charge in [0.2, 0.25) is 23.6 Å². The van der Waals surface area contributed by atoms with Crippen LogP contribution in [0, 0.1) is 12.8 Å². The zero-order chi connectivity index (χ0) is 34.8. The molecule has 1 aliphatic heterocycles. The van der Waals surface area contributed by atoms with E-state index in [4.69, 9.17) is 15.6 Å². The first kappa shape index (κ1) is 37.7. The summed E-state index contributed by atoms with van der Waals surface area (Å²) in [5.41, 5.74) is 9.88. The van der Waals surface area contributed by atoms with E-state index in [-0.39, 0.29) is 24.2 Å². The molecule has 0 aromatic heterocycles. The summed E-state index contributed by atoms with van der Waals surface area (Å²) in [5, 5.41) is 15.6. The van der Waals surface area contributed by atoms with E-state index in [1.54, 1.807) is 14.0 Å². The van der Waals surface area contributed by atoms with Crippen molar-refractivity contribution in [2.75, 3.05) is 13.6 Å². The molecule has 4 atom stereocenters. The first-order valence-corrected chi connectivity index (χ1v) is 14.8. The molecule has 252 valence electrons. The number of nitrogens with zero attached hydrogens (tertiary/aromatic N) is 1. The molecule has 46 heavy (non-hydrogen) atoms. The number of nitrogens with one attached hydrogen (secondary N) is 3. The van der Waals surface area contributed by atoms with Gasteiger partial charge in [0.25, 0.3) is 0 Å². The molecule has 2 aromatic rings. The van der Waals surface area contributed by atoms with E-state index in [2.05, 4.69) is 35.0 Å². The van der Waals surface area contributed by atoms with Crippen LogP contribution in [-0.4, -0.2) is 83.5 Å². The summed E-state index contributed by atoms with van der Waals surface area (Å²) >= 11 is 0. The Morgan fingerprint density at radius 3 is 2.09 bits per heavy atom. The number of carboxylic acids is 1. The fourth-order valence-electron chi connectivity index (χ4n) is 4.85. The predicted molar refractivity (Wildman–Crippen MR) is 165 cm³/mol. The van der Waals surface area contributed by atoms with E-state index >= 15 is 0 Å². The molecule has 0 spiro atoms. The van der Waals surface area contributed by atoms with Crippen molar-refractivity contribution in [3.05, 3.63) is 59.7 Å². The number of likely N-dealkylation sites (tertiary alicyclic amines) is 1. The topological polar surface area (TPSA) is 171 Å². The summed E-state index contributed by atoms with van der Waals surface area (Å²) in [6.45, 7) is 7.87. The zero-order valence-electron chi connectivity index (χ0n) is 26.5. The summed E-state index contributed by atoms with van der Waals surface area (Å²) in [4.78, 5) is 61.9. The number of carbonyl (C=O) groups is 5. The second-order valence-electron chi connectivity index (χ2n) is 11.4. The quantitative estimate of drug-likeness (QED) is 0.249. The molecule has 1 saturated heterocycles. The highest BCUT2D eigenvalue weighted by atomic mass is 19.4. The number of benzene rings is 2. The van der Waals surface area contributed by atoms with Crippen LogP contribution in [0.4, 0.5) is 13.2 Å². The molecule has 1 aliphatic rings. The Hall–Kier alpha value is -4.46. The molecule has 0 bridgehead atoms. The molecule has 3 rings (SSSR count). The fourth-order valence-corrected chi connectivity index (χ4v) is 4.85. The van der Waals surface area contributed by atoms with Crippen molar-refractivity contribution >= 4 is 29.6 Å². The number of aliphatic carboxylic acids is 1. The normalized spacial score (nSPS) is 16.5. The SMILES string of the molecule is CN[C@@H](C)C(=O)N[C@H](C(=O)N1CCC[C@H]1C(=O)N[C@@H](Cc1ccc(-c2ccccc2C)cc1)C(N)=O)C(C)C.O=C(O)C(F)(F)F. The van der Waals surface area contributed by atoms with Gasteiger partial charge in [0.15, 0.2) is 0 Å². The van der Waals surface area contributed by atoms with E-state index in [0.717, 1.165) is 16.7 Å². The minimum Gasteiger partial charge on any atom is -0.475 e. The van der Waals surface area contributed by atoms with Crippen LogP contribution in [0.2, 0.25) is 0 Å². The van der Waals surface area contributed by atoms with Crippen molar-refractivity contribution in [2.24, 2.45) is 11.7 Å². The predicted octanol–water partition coefficient (Wildman–Crippen LogP) is 2.55. The van der Waals surface area contributed by atoms with Crippen LogP contribution in [0.25, 0.3) is 11.1 Å². The number of likely N-dealkylation sites (N-methyl/N-ethyl adjacent to an activating group) is 1. The van der Waals surface area contributed by atoms with E-state index in [1.807, 2.05) is 50.2 Å². The summed E-state index contributed by atoms with van der Waals surface area (Å²) in [5.74, 6) is -4.58. The van der Waals surface area contributed by atoms with Crippen LogP contribution < -0.4 is 21.7 Å². The monoisotopic (exact) mass is 649 g/mol. The molecule has 4 amide bonds. The molecular formula is C32H42F3N5O6. The van der Waals surface area contributed by atoms with Gasteiger partial charge in [0.1, 0.15) is 18.1 Å². The van der Waals surface area contributed by atoms with E-state index in [1.165, 1.54) is 10.5 Å². The van der Waals surface area contributed by atoms with Gasteiger partial charge in [0.05, 0.1) is 6.04 Å². The number of alkyl halides is 3. The number of aryl methyl sites for hydroxylation is 1. The number of carbonyl (C=O) groups excluding carboxylic acids is 4. The van der Waals surface area contributed by atoms with Gasteiger partial charge in [-0.1, -0.05) is 62.4 Å². The second kappa shape index (κ2) is 16.7. The Bertz CT molecular complexity index is 1380. The lowest BCUT2D eigenvalue weighted by Gasteiger charge is -2.31. The number of amides is 4. The van der Waals surface area contributed by atoms with Crippen LogP contribution in [0.15, 0.2) is 48.5 Å². The van der Waals surface area contributed by atoms with Crippen LogP contribution in [0.5, 0.6) is 0 Å². The van der Waals surface area contributed by atoms with Crippen molar-refractivity contribution in [1.29, 1.82) is 0 Å². The van der Waals surface area contributed by atoms with Gasteiger partial charge >= 0.3 is 12.1 Å². The Kier molecular flexibility index (Phi) is 13.7. The number of carboxylic acid groups (broad SMARTS) is 1. The largest absolute Gasteiger partial charge is 0.490 e. The zero-order valence-corrected chi connectivity index (χ0v) is 26.5. The lowest BCUT2D eigenvalue weighted by molar-refractivity contribution is -0.192. The molecular weight excluding hydrogens is 607 g/mol. The lowest BCUT2D eigenvalue weighted by atomic mass is 9.97. The van der Waals surface area contributed by atoms with Crippen molar-refractivity contribution in [1.82, 2.24) is 20.9 Å². The van der Waals surface area contributed by atoms with Crippen LogP contribution in [0.3, 0.4) is 0 Å². The summed E-state index contributed by atoms with van der Waals surface area (Å²) in [6, 6.07) is 13.1. The molecule has 11 nitrogen and oxygen atoms in total. The van der Waals surface area contributed by atoms with E-state index in [0.29, 0.717) is 19.4 Å². The summed E-state index contributed by atoms with van der Waals surface area (Å²) in [6.07, 6.45) is -3.72. The average molecular weight is 650 g/mol. The Balaban J connectivity index is 0.000000942. The molecule has 1 heterocycles. The first-order chi connectivity index (χ1) is 21.5. The standard InChI is InChI=1S/C30H41N5O4.C2HF3O2/c1-18(2)26(34-28(37)20(4)32-5)30(39)35-16-8-11-25(35)29(38)33-24(27(31)36)17-21-12-14-22(15-13-21)23-10-7-6-9-19(23)3;3-2(4,5)1(6)7/h6-7,9-10,12-15,18,20,24-26,32H,8,11,16-17H2,1-5H3,(H2,31,36)(H,33,38)(H,34,37);(H,6,7)/t20-,24-,25-,26-;/m0./s1. The number of halogens is 3. The van der Waals surface area contributed by atoms with Crippen LogP contribution in [-0.2, 0) is 30.4 Å². The maximum Gasteiger partial charge on any atom is 0.490 e. The first-order valence-electron chi connectivity index (χ1n) is 14.8. The van der Waals surface area contributed by atoms with Crippen LogP contribution >= 0.6 is 0 Å². The third-order valence-electron chi connectivity index (χ3n) is 7.65. The smallest absolute Gasteiger partial charge is 0.475 e. The third-order valence-corrected chi connectivity index (χ3v) is 7.65. The van der Waals surface area contributed by atoms with Gasteiger partial charge in [-0.15, -0.1) is 0 Å². The molecule has 0 aliphatic carbocycles. The highest BCUT2D eigenvalue weighted by Gasteiger charge is 2.40. The summed E-state index contributed by atoms with van der Waals surface area (Å²) in [7, 11) is 1.67. The van der Waals surface area contributed by atoms with E-state index in [9.17, 15) is 32.3 Å². The maximum atomic E-state index is 13.5. The Morgan fingerprint density at radius 1 is 1.00 bits per heavy atom. The molecule has 0 radical (unpaired) electrons. The highest BCUT2D eigenvalue weighted by molar-refractivity contribution is 5.95. The second-order valence-corrected chi connectivity index (χ2v) is 11.4. The van der Waals surface area contributed by atoms with E-state index < -0.39 is 48.1 Å². The van der Waals surface area contributed by atoms with Gasteiger partial charge in [-0.25, -0.2) is 4.79 Å². The maximum absolute atomic E-state index is 13.5. The Labute approximate surface area is 266 Å². The number of hydrogen-bond donors (Lipinski definition) is 5. The lowest BCUT2D eigenvalue weighted by Crippen LogP contribution is -2.58. The average Bonchev–Trinajstić information content (AvgIpc) is 3.49. The van der Waals surface area contributed by atoms with Gasteiger partial charge < -0.3 is 31.7 Å². The van der Waals surface area contributed by atoms with Gasteiger partial charge in [-0.2, -0.15) is 13.2 Å².